The second kappa shape index (κ2) is 6.51. The molecule has 0 aromatic carbocycles. The van der Waals surface area contributed by atoms with Gasteiger partial charge in [0.05, 0.1) is 6.54 Å². The van der Waals surface area contributed by atoms with E-state index in [4.69, 9.17) is 0 Å². The zero-order valence-electron chi connectivity index (χ0n) is 11.6. The van der Waals surface area contributed by atoms with Crippen LogP contribution in [0.25, 0.3) is 0 Å². The fourth-order valence-electron chi connectivity index (χ4n) is 2.68. The second-order valence-corrected chi connectivity index (χ2v) is 6.08. The summed E-state index contributed by atoms with van der Waals surface area (Å²) >= 11 is 1.66. The predicted molar refractivity (Wildman–Crippen MR) is 80.2 cm³/mol. The molecule has 1 aromatic rings. The van der Waals surface area contributed by atoms with E-state index in [0.717, 1.165) is 57.5 Å². The van der Waals surface area contributed by atoms with Crippen LogP contribution in [0.4, 0.5) is 5.13 Å². The lowest BCUT2D eigenvalue weighted by molar-refractivity contribution is -0.132. The molecule has 1 amide bonds. The van der Waals surface area contributed by atoms with E-state index in [1.54, 1.807) is 11.3 Å². The number of anilines is 1. The van der Waals surface area contributed by atoms with Gasteiger partial charge in [0.1, 0.15) is 0 Å². The minimum absolute atomic E-state index is 0.269. The molecule has 2 aliphatic rings. The van der Waals surface area contributed by atoms with Crippen LogP contribution in [0, 0.1) is 0 Å². The van der Waals surface area contributed by atoms with Crippen molar-refractivity contribution in [2.24, 2.45) is 0 Å². The van der Waals surface area contributed by atoms with Gasteiger partial charge in [0.2, 0.25) is 5.91 Å². The molecular formula is C13H21N5OS. The van der Waals surface area contributed by atoms with Crippen LogP contribution < -0.4 is 10.2 Å². The van der Waals surface area contributed by atoms with Gasteiger partial charge in [-0.3, -0.25) is 9.69 Å². The lowest BCUT2D eigenvalue weighted by Gasteiger charge is -2.36. The number of aromatic nitrogens is 1. The summed E-state index contributed by atoms with van der Waals surface area (Å²) in [6, 6.07) is 0. The molecule has 2 fully saturated rings. The first-order valence-corrected chi connectivity index (χ1v) is 8.06. The molecule has 7 heteroatoms. The van der Waals surface area contributed by atoms with Crippen molar-refractivity contribution >= 4 is 22.4 Å². The number of nitrogens with one attached hydrogen (secondary N) is 1. The number of thiazole rings is 1. The molecule has 3 heterocycles. The third kappa shape index (κ3) is 3.28. The average molecular weight is 295 g/mol. The number of hydrogen-bond donors (Lipinski definition) is 1. The lowest BCUT2D eigenvalue weighted by Crippen LogP contribution is -2.53. The predicted octanol–water partition coefficient (Wildman–Crippen LogP) is -0.303. The summed E-state index contributed by atoms with van der Waals surface area (Å²) in [5, 5.41) is 6.38. The van der Waals surface area contributed by atoms with E-state index in [1.165, 1.54) is 0 Å². The van der Waals surface area contributed by atoms with E-state index in [1.807, 2.05) is 16.5 Å². The molecule has 20 heavy (non-hydrogen) atoms. The Labute approximate surface area is 123 Å². The van der Waals surface area contributed by atoms with Crippen molar-refractivity contribution in [3.8, 4) is 0 Å². The van der Waals surface area contributed by atoms with Crippen LogP contribution in [0.1, 0.15) is 0 Å². The SMILES string of the molecule is O=C(CN1CCNCC1)N1CCN(c2nccs2)CC1. The first-order valence-electron chi connectivity index (χ1n) is 7.18. The second-order valence-electron chi connectivity index (χ2n) is 5.21. The van der Waals surface area contributed by atoms with Gasteiger partial charge in [0.15, 0.2) is 5.13 Å². The topological polar surface area (TPSA) is 51.7 Å². The van der Waals surface area contributed by atoms with Crippen molar-refractivity contribution in [3.05, 3.63) is 11.6 Å². The molecule has 2 aliphatic heterocycles. The van der Waals surface area contributed by atoms with Gasteiger partial charge in [-0.25, -0.2) is 4.98 Å². The third-order valence-corrected chi connectivity index (χ3v) is 4.72. The quantitative estimate of drug-likeness (QED) is 0.829. The maximum absolute atomic E-state index is 12.3. The average Bonchev–Trinajstić information content (AvgIpc) is 3.03. The number of nitrogens with zero attached hydrogens (tertiary/aromatic N) is 4. The molecule has 0 unspecified atom stereocenters. The van der Waals surface area contributed by atoms with Crippen molar-refractivity contribution in [2.45, 2.75) is 0 Å². The van der Waals surface area contributed by atoms with Crippen molar-refractivity contribution in [3.63, 3.8) is 0 Å². The van der Waals surface area contributed by atoms with Crippen molar-refractivity contribution < 1.29 is 4.79 Å². The summed E-state index contributed by atoms with van der Waals surface area (Å²) in [4.78, 5) is 23.1. The Balaban J connectivity index is 1.46. The van der Waals surface area contributed by atoms with Crippen LogP contribution in [0.5, 0.6) is 0 Å². The van der Waals surface area contributed by atoms with Gasteiger partial charge >= 0.3 is 0 Å². The maximum Gasteiger partial charge on any atom is 0.236 e. The molecule has 1 aromatic heterocycles. The lowest BCUT2D eigenvalue weighted by atomic mass is 10.3. The van der Waals surface area contributed by atoms with Crippen molar-refractivity contribution in [2.75, 3.05) is 63.8 Å². The number of hydrogen-bond acceptors (Lipinski definition) is 6. The minimum Gasteiger partial charge on any atom is -0.345 e. The minimum atomic E-state index is 0.269. The molecule has 2 saturated heterocycles. The molecule has 110 valence electrons. The van der Waals surface area contributed by atoms with Gasteiger partial charge in [-0.2, -0.15) is 0 Å². The van der Waals surface area contributed by atoms with Crippen LogP contribution in [0.2, 0.25) is 0 Å². The van der Waals surface area contributed by atoms with Gasteiger partial charge in [0.25, 0.3) is 0 Å². The van der Waals surface area contributed by atoms with E-state index in [2.05, 4.69) is 20.1 Å². The zero-order valence-corrected chi connectivity index (χ0v) is 12.4. The van der Waals surface area contributed by atoms with E-state index in [9.17, 15) is 4.79 Å². The standard InChI is InChI=1S/C13H21N5OS/c19-12(11-16-4-1-14-2-5-16)17-6-8-18(9-7-17)13-15-3-10-20-13/h3,10,14H,1-2,4-9,11H2. The maximum atomic E-state index is 12.3. The fourth-order valence-corrected chi connectivity index (χ4v) is 3.38. The molecule has 1 N–H and O–H groups in total. The highest BCUT2D eigenvalue weighted by Crippen LogP contribution is 2.18. The van der Waals surface area contributed by atoms with Gasteiger partial charge in [-0.15, -0.1) is 11.3 Å². The summed E-state index contributed by atoms with van der Waals surface area (Å²) < 4.78 is 0. The molecule has 3 rings (SSSR count). The summed E-state index contributed by atoms with van der Waals surface area (Å²) in [5.41, 5.74) is 0. The molecule has 0 radical (unpaired) electrons. The molecular weight excluding hydrogens is 274 g/mol. The summed E-state index contributed by atoms with van der Waals surface area (Å²) in [6.07, 6.45) is 1.84. The highest BCUT2D eigenvalue weighted by atomic mass is 32.1. The molecule has 6 nitrogen and oxygen atoms in total. The first-order chi connectivity index (χ1) is 9.83. The van der Waals surface area contributed by atoms with Gasteiger partial charge < -0.3 is 15.1 Å². The molecule has 0 atom stereocenters. The van der Waals surface area contributed by atoms with Gasteiger partial charge in [0, 0.05) is 63.9 Å². The summed E-state index contributed by atoms with van der Waals surface area (Å²) in [6.45, 7) is 7.90. The Morgan fingerprint density at radius 3 is 2.60 bits per heavy atom. The zero-order chi connectivity index (χ0) is 13.8. The van der Waals surface area contributed by atoms with Crippen LogP contribution in [-0.2, 0) is 4.79 Å². The van der Waals surface area contributed by atoms with Gasteiger partial charge in [-0.1, -0.05) is 0 Å². The highest BCUT2D eigenvalue weighted by Gasteiger charge is 2.24. The Morgan fingerprint density at radius 1 is 1.20 bits per heavy atom. The number of rotatable bonds is 3. The Bertz CT molecular complexity index is 424. The molecule has 0 aliphatic carbocycles. The summed E-state index contributed by atoms with van der Waals surface area (Å²) in [5.74, 6) is 0.269. The molecule has 0 bridgehead atoms. The molecule has 0 saturated carbocycles. The number of carbonyl (C=O) groups excluding carboxylic acids is 1. The van der Waals surface area contributed by atoms with E-state index in [-0.39, 0.29) is 5.91 Å². The van der Waals surface area contributed by atoms with Gasteiger partial charge in [-0.05, 0) is 0 Å². The number of piperazine rings is 2. The normalized spacial score (nSPS) is 21.2. The smallest absolute Gasteiger partial charge is 0.236 e. The number of carbonyl (C=O) groups is 1. The van der Waals surface area contributed by atoms with E-state index >= 15 is 0 Å². The van der Waals surface area contributed by atoms with Crippen molar-refractivity contribution in [1.82, 2.24) is 20.1 Å². The van der Waals surface area contributed by atoms with Crippen molar-refractivity contribution in [1.29, 1.82) is 0 Å². The highest BCUT2D eigenvalue weighted by molar-refractivity contribution is 7.13. The van der Waals surface area contributed by atoms with Crippen LogP contribution in [-0.4, -0.2) is 79.6 Å². The third-order valence-electron chi connectivity index (χ3n) is 3.89. The molecule has 0 spiro atoms. The Morgan fingerprint density at radius 2 is 1.95 bits per heavy atom. The fraction of sp³-hybridized carbons (Fsp3) is 0.692. The van der Waals surface area contributed by atoms with E-state index in [0.29, 0.717) is 6.54 Å². The van der Waals surface area contributed by atoms with Crippen LogP contribution in [0.3, 0.4) is 0 Å². The largest absolute Gasteiger partial charge is 0.345 e. The van der Waals surface area contributed by atoms with Crippen LogP contribution >= 0.6 is 11.3 Å². The summed E-state index contributed by atoms with van der Waals surface area (Å²) in [7, 11) is 0. The van der Waals surface area contributed by atoms with Crippen LogP contribution in [0.15, 0.2) is 11.6 Å². The Kier molecular flexibility index (Phi) is 4.49. The first kappa shape index (κ1) is 13.8. The Hall–Kier alpha value is -1.18. The number of amides is 1. The monoisotopic (exact) mass is 295 g/mol. The van der Waals surface area contributed by atoms with E-state index < -0.39 is 0 Å².